The molecule has 0 spiro atoms. The van der Waals surface area contributed by atoms with Crippen molar-refractivity contribution >= 4 is 43.0 Å². The second kappa shape index (κ2) is 26.2. The third-order valence-corrected chi connectivity index (χ3v) is 31.4. The smallest absolute Gasteiger partial charge is 0.410 e. The van der Waals surface area contributed by atoms with E-state index in [0.29, 0.717) is 19.4 Å². The van der Waals surface area contributed by atoms with Crippen LogP contribution in [0.2, 0.25) is 54.4 Å². The minimum atomic E-state index is -2.20. The highest BCUT2D eigenvalue weighted by molar-refractivity contribution is 6.74. The normalized spacial score (nSPS) is 30.5. The number of amides is 1. The molecule has 1 N–H and O–H groups in total. The molecule has 2 bridgehead atoms. The Morgan fingerprint density at radius 2 is 1.54 bits per heavy atom. The van der Waals surface area contributed by atoms with E-state index in [1.165, 1.54) is 6.92 Å². The van der Waals surface area contributed by atoms with Gasteiger partial charge in [0.15, 0.2) is 31.1 Å². The minimum absolute atomic E-state index is 0.0579. The maximum absolute atomic E-state index is 14.2. The van der Waals surface area contributed by atoms with Crippen LogP contribution in [0, 0.1) is 11.8 Å². The van der Waals surface area contributed by atoms with Gasteiger partial charge < -0.3 is 42.4 Å². The number of fused-ring (bicyclic) bond motifs is 2. The second-order valence-electron chi connectivity index (χ2n) is 21.7. The number of nitrogens with one attached hydrogen (secondary N) is 1. The molecular formula is C54H98N2O10Si3. The molecule has 0 aromatic carbocycles. The highest BCUT2D eigenvalue weighted by atomic mass is 28.4. The highest BCUT2D eigenvalue weighted by Gasteiger charge is 2.51. The Morgan fingerprint density at radius 1 is 0.928 bits per heavy atom. The average Bonchev–Trinajstić information content (AvgIpc) is 3.72. The number of carbonyl (C=O) groups excluding carboxylic acids is 3. The van der Waals surface area contributed by atoms with E-state index in [2.05, 4.69) is 107 Å². The fraction of sp³-hybridized carbons (Fsp3) is 0.833. The van der Waals surface area contributed by atoms with Crippen molar-refractivity contribution in [3.05, 3.63) is 36.0 Å². The first-order valence-electron chi connectivity index (χ1n) is 27.5. The summed E-state index contributed by atoms with van der Waals surface area (Å²) in [6, 6.07) is 9.53. The highest BCUT2D eigenvalue weighted by Crippen LogP contribution is 2.43. The van der Waals surface area contributed by atoms with Crippen molar-refractivity contribution in [2.24, 2.45) is 11.8 Å². The molecule has 3 saturated heterocycles. The number of hydrogen-bond donors (Lipinski definition) is 1. The van der Waals surface area contributed by atoms with E-state index in [0.717, 1.165) is 85.8 Å². The van der Waals surface area contributed by atoms with Crippen LogP contribution in [0.3, 0.4) is 0 Å². The number of piperazine rings is 1. The first-order valence-corrected chi connectivity index (χ1v) is 35.1. The summed E-state index contributed by atoms with van der Waals surface area (Å²) in [5, 5.41) is 3.46. The van der Waals surface area contributed by atoms with Gasteiger partial charge in [-0.25, -0.2) is 4.79 Å². The van der Waals surface area contributed by atoms with Crippen LogP contribution in [0.15, 0.2) is 36.0 Å². The number of nitrogens with zero attached hydrogens (tertiary/aromatic N) is 1. The lowest BCUT2D eigenvalue weighted by atomic mass is 9.88. The van der Waals surface area contributed by atoms with Crippen molar-refractivity contribution in [3.63, 3.8) is 0 Å². The van der Waals surface area contributed by atoms with Crippen LogP contribution in [0.25, 0.3) is 0 Å². The van der Waals surface area contributed by atoms with Gasteiger partial charge >= 0.3 is 18.0 Å². The molecule has 1 amide bonds. The largest absolute Gasteiger partial charge is 0.457 e. The van der Waals surface area contributed by atoms with Gasteiger partial charge in [0.05, 0.1) is 30.3 Å². The first kappa shape index (κ1) is 59.4. The van der Waals surface area contributed by atoms with Crippen LogP contribution in [0.5, 0.6) is 0 Å². The zero-order valence-electron chi connectivity index (χ0n) is 46.2. The van der Waals surface area contributed by atoms with E-state index in [9.17, 15) is 14.4 Å². The average molecular weight is 1020 g/mol. The fourth-order valence-electron chi connectivity index (χ4n) is 11.7. The number of esters is 2. The molecule has 0 aliphatic carbocycles. The third kappa shape index (κ3) is 15.5. The molecular weight excluding hydrogens is 921 g/mol. The van der Waals surface area contributed by atoms with Crippen LogP contribution in [0.4, 0.5) is 4.79 Å². The second-order valence-corrected chi connectivity index (χ2v) is 35.8. The number of rotatable bonds is 25. The molecule has 4 heterocycles. The van der Waals surface area contributed by atoms with Gasteiger partial charge in [0.1, 0.15) is 11.7 Å². The summed E-state index contributed by atoms with van der Waals surface area (Å²) in [5.74, 6) is -0.861. The predicted molar refractivity (Wildman–Crippen MR) is 286 cm³/mol. The predicted octanol–water partition coefficient (Wildman–Crippen LogP) is 12.4. The topological polar surface area (TPSA) is 134 Å². The van der Waals surface area contributed by atoms with E-state index in [1.54, 1.807) is 4.90 Å². The Hall–Kier alpha value is -2.12. The summed E-state index contributed by atoms with van der Waals surface area (Å²) in [7, 11) is -6.06. The van der Waals surface area contributed by atoms with Crippen molar-refractivity contribution in [3.8, 4) is 0 Å². The minimum Gasteiger partial charge on any atom is -0.457 e. The molecule has 4 rings (SSSR count). The molecule has 0 aromatic heterocycles. The molecule has 396 valence electrons. The molecule has 3 fully saturated rings. The molecule has 0 radical (unpaired) electrons. The van der Waals surface area contributed by atoms with Gasteiger partial charge in [0, 0.05) is 56.5 Å². The summed E-state index contributed by atoms with van der Waals surface area (Å²) in [6.07, 6.45) is 11.4. The Balaban J connectivity index is 1.71. The van der Waals surface area contributed by atoms with Crippen molar-refractivity contribution in [2.45, 2.75) is 264 Å². The number of ether oxygens (including phenoxy) is 4. The van der Waals surface area contributed by atoms with E-state index in [4.69, 9.17) is 32.2 Å². The standard InChI is InChI=1S/C54H98N2O10Si3/c1-17-46(65-68(21-5,22-6)23-7)41(13)51-47(60-51)36-53(15,66-69(24-8,25-9)26-10)32-27-28-39(11)50-40(12)29-30-48(61-52(59)56-38-43-34-44(56)37-55-43)54(16,63-42(14)57)33-31-45(35-49(58)62-50)64-67(18-2,19-3)20-4/h27-30,32,40-41,43-48,50-51,55H,17-26,31,33-38H2,1-16H3/b30-29+,32-27+,39-28+/t40-,41+,43?,44?,45+,46-,47+,48-,50+,51+,53-,54+/m0/s1. The number of epoxide rings is 1. The summed E-state index contributed by atoms with van der Waals surface area (Å²) < 4.78 is 47.1. The number of likely N-dealkylation sites (tertiary alicyclic amines) is 1. The quantitative estimate of drug-likeness (QED) is 0.0234. The zero-order chi connectivity index (χ0) is 51.4. The van der Waals surface area contributed by atoms with Crippen LogP contribution in [-0.4, -0.2) is 121 Å². The third-order valence-electron chi connectivity index (χ3n) is 17.2. The van der Waals surface area contributed by atoms with Gasteiger partial charge in [-0.1, -0.05) is 107 Å². The Morgan fingerprint density at radius 3 is 2.06 bits per heavy atom. The molecule has 4 aliphatic rings. The summed E-state index contributed by atoms with van der Waals surface area (Å²) in [4.78, 5) is 42.9. The van der Waals surface area contributed by atoms with Crippen molar-refractivity contribution in [1.29, 1.82) is 0 Å². The maximum atomic E-state index is 14.2. The SMILES string of the molecule is CC[C@H](O[Si](CC)(CC)CC)[C@@H](C)[C@H]1O[C@@H]1C[C@](C)(/C=C/C=C(\C)[C@H]1OC(=O)C[C@H](O[Si](CC)(CC)CC)CC[C@@](C)(OC(C)=O)[C@@H](OC(=O)N2CC3CC2CN3)/C=C/[C@@H]1C)O[Si](CC)(CC)CC. The molecule has 0 saturated carbocycles. The lowest BCUT2D eigenvalue weighted by Crippen LogP contribution is -2.51. The maximum Gasteiger partial charge on any atom is 0.410 e. The van der Waals surface area contributed by atoms with E-state index >= 15 is 0 Å². The summed E-state index contributed by atoms with van der Waals surface area (Å²) in [5.41, 5.74) is -0.949. The van der Waals surface area contributed by atoms with Gasteiger partial charge in [0.2, 0.25) is 0 Å². The van der Waals surface area contributed by atoms with Gasteiger partial charge in [-0.3, -0.25) is 9.59 Å². The summed E-state index contributed by atoms with van der Waals surface area (Å²) in [6.45, 7) is 35.5. The Kier molecular flexibility index (Phi) is 22.6. The van der Waals surface area contributed by atoms with Crippen LogP contribution in [0.1, 0.15) is 149 Å². The monoisotopic (exact) mass is 1020 g/mol. The number of hydrogen-bond acceptors (Lipinski definition) is 11. The molecule has 12 atom stereocenters. The number of cyclic esters (lactones) is 1. The van der Waals surface area contributed by atoms with E-state index in [1.807, 2.05) is 32.9 Å². The van der Waals surface area contributed by atoms with Crippen molar-refractivity contribution in [1.82, 2.24) is 10.2 Å². The fourth-order valence-corrected chi connectivity index (χ4v) is 20.7. The number of allylic oxidation sites excluding steroid dienone is 2. The Bertz CT molecular complexity index is 1730. The van der Waals surface area contributed by atoms with Crippen molar-refractivity contribution < 1.29 is 46.6 Å². The van der Waals surface area contributed by atoms with Gasteiger partial charge in [-0.2, -0.15) is 0 Å². The van der Waals surface area contributed by atoms with Crippen molar-refractivity contribution in [2.75, 3.05) is 13.1 Å². The first-order chi connectivity index (χ1) is 32.6. The van der Waals surface area contributed by atoms with E-state index in [-0.39, 0.29) is 54.6 Å². The van der Waals surface area contributed by atoms with Crippen LogP contribution >= 0.6 is 0 Å². The zero-order valence-corrected chi connectivity index (χ0v) is 49.2. The number of carbonyl (C=O) groups is 3. The lowest BCUT2D eigenvalue weighted by Gasteiger charge is -2.39. The van der Waals surface area contributed by atoms with E-state index < -0.39 is 66.5 Å². The molecule has 0 aromatic rings. The molecule has 4 aliphatic heterocycles. The molecule has 15 heteroatoms. The lowest BCUT2D eigenvalue weighted by molar-refractivity contribution is -0.168. The van der Waals surface area contributed by atoms with Gasteiger partial charge in [-0.05, 0) is 113 Å². The molecule has 2 unspecified atom stereocenters. The van der Waals surface area contributed by atoms with Gasteiger partial charge in [-0.15, -0.1) is 0 Å². The van der Waals surface area contributed by atoms with Crippen LogP contribution in [-0.2, 0) is 41.8 Å². The molecule has 69 heavy (non-hydrogen) atoms. The van der Waals surface area contributed by atoms with Crippen LogP contribution < -0.4 is 5.32 Å². The molecule has 12 nitrogen and oxygen atoms in total. The Labute approximate surface area is 422 Å². The van der Waals surface area contributed by atoms with Gasteiger partial charge in [0.25, 0.3) is 0 Å². The summed E-state index contributed by atoms with van der Waals surface area (Å²) >= 11 is 0.